The van der Waals surface area contributed by atoms with E-state index < -0.39 is 0 Å². The van der Waals surface area contributed by atoms with Gasteiger partial charge in [-0.1, -0.05) is 24.3 Å². The highest BCUT2D eigenvalue weighted by atomic mass is 32.1. The zero-order chi connectivity index (χ0) is 16.4. The fraction of sp³-hybridized carbons (Fsp3) is 0.389. The van der Waals surface area contributed by atoms with Crippen molar-refractivity contribution in [3.63, 3.8) is 0 Å². The molecule has 24 heavy (non-hydrogen) atoms. The molecule has 0 amide bonds. The lowest BCUT2D eigenvalue weighted by atomic mass is 9.98. The van der Waals surface area contributed by atoms with Gasteiger partial charge in [-0.15, -0.1) is 11.3 Å². The Hall–Kier alpha value is -2.05. The third-order valence-corrected chi connectivity index (χ3v) is 5.57. The second-order valence-corrected chi connectivity index (χ2v) is 7.51. The van der Waals surface area contributed by atoms with Crippen LogP contribution in [0.15, 0.2) is 36.9 Å². The fourth-order valence-corrected chi connectivity index (χ4v) is 4.32. The molecule has 6 heteroatoms. The molecule has 1 atom stereocenters. The summed E-state index contributed by atoms with van der Waals surface area (Å²) in [5.74, 6) is 0. The number of rotatable bonds is 5. The molecule has 0 spiro atoms. The molecular weight excluding hydrogens is 318 g/mol. The first kappa shape index (κ1) is 15.5. The van der Waals surface area contributed by atoms with Crippen LogP contribution in [0.3, 0.4) is 0 Å². The maximum absolute atomic E-state index is 4.67. The molecule has 0 aliphatic heterocycles. The summed E-state index contributed by atoms with van der Waals surface area (Å²) in [5.41, 5.74) is 3.86. The first-order chi connectivity index (χ1) is 11.8. The summed E-state index contributed by atoms with van der Waals surface area (Å²) in [5, 5.41) is 9.04. The van der Waals surface area contributed by atoms with Crippen LogP contribution in [0, 0.1) is 6.92 Å². The molecule has 5 nitrogen and oxygen atoms in total. The summed E-state index contributed by atoms with van der Waals surface area (Å²) < 4.78 is 1.84. The minimum Gasteiger partial charge on any atom is -0.305 e. The largest absolute Gasteiger partial charge is 0.305 e. The zero-order valence-electron chi connectivity index (χ0n) is 13.8. The minimum atomic E-state index is 0.453. The van der Waals surface area contributed by atoms with E-state index in [0.29, 0.717) is 6.04 Å². The highest BCUT2D eigenvalue weighted by molar-refractivity contribution is 7.11. The van der Waals surface area contributed by atoms with E-state index in [0.717, 1.165) is 19.5 Å². The van der Waals surface area contributed by atoms with E-state index in [4.69, 9.17) is 0 Å². The van der Waals surface area contributed by atoms with Crippen molar-refractivity contribution >= 4 is 11.3 Å². The number of thiazole rings is 1. The molecule has 1 N–H and O–H groups in total. The lowest BCUT2D eigenvalue weighted by Gasteiger charge is -2.22. The maximum Gasteiger partial charge on any atom is 0.137 e. The van der Waals surface area contributed by atoms with Crippen LogP contribution in [0.25, 0.3) is 0 Å². The van der Waals surface area contributed by atoms with Crippen molar-refractivity contribution in [3.8, 4) is 0 Å². The lowest BCUT2D eigenvalue weighted by molar-refractivity contribution is 0.463. The Morgan fingerprint density at radius 3 is 2.88 bits per heavy atom. The quantitative estimate of drug-likeness (QED) is 0.775. The van der Waals surface area contributed by atoms with Gasteiger partial charge in [0, 0.05) is 17.5 Å². The molecule has 0 unspecified atom stereocenters. The molecule has 1 aliphatic rings. The molecule has 1 aliphatic carbocycles. The number of benzene rings is 1. The smallest absolute Gasteiger partial charge is 0.137 e. The molecule has 2 aromatic heterocycles. The summed E-state index contributed by atoms with van der Waals surface area (Å²) in [6, 6.07) is 9.18. The number of nitrogens with zero attached hydrogens (tertiary/aromatic N) is 4. The average molecular weight is 339 g/mol. The van der Waals surface area contributed by atoms with Gasteiger partial charge in [-0.3, -0.25) is 0 Å². The topological polar surface area (TPSA) is 55.6 Å². The van der Waals surface area contributed by atoms with Gasteiger partial charge in [0.2, 0.25) is 0 Å². The average Bonchev–Trinajstić information content (AvgIpc) is 3.22. The van der Waals surface area contributed by atoms with Crippen LogP contribution < -0.4 is 5.32 Å². The van der Waals surface area contributed by atoms with E-state index >= 15 is 0 Å². The van der Waals surface area contributed by atoms with Crippen LogP contribution in [0.2, 0.25) is 0 Å². The molecule has 3 aromatic rings. The van der Waals surface area contributed by atoms with Crippen molar-refractivity contribution in [3.05, 3.63) is 63.6 Å². The Bertz CT molecular complexity index is 791. The van der Waals surface area contributed by atoms with Crippen LogP contribution in [0.5, 0.6) is 0 Å². The predicted octanol–water partition coefficient (Wildman–Crippen LogP) is 3.26. The Morgan fingerprint density at radius 2 is 2.08 bits per heavy atom. The Morgan fingerprint density at radius 1 is 1.25 bits per heavy atom. The van der Waals surface area contributed by atoms with Crippen molar-refractivity contribution in [2.45, 2.75) is 45.3 Å². The zero-order valence-corrected chi connectivity index (χ0v) is 14.6. The highest BCUT2D eigenvalue weighted by Gasteiger charge is 2.23. The standard InChI is InChI=1S/C18H21N5S/c1-13-22-17-4-2-3-16(18(17)24-13)20-9-14-5-7-15(8-6-14)10-23-12-19-11-21-23/h5-8,11-12,16,20H,2-4,9-10H2,1H3/t16-/m0/s1. The van der Waals surface area contributed by atoms with Crippen LogP contribution in [-0.4, -0.2) is 19.7 Å². The van der Waals surface area contributed by atoms with E-state index in [2.05, 4.69) is 51.6 Å². The van der Waals surface area contributed by atoms with Gasteiger partial charge >= 0.3 is 0 Å². The summed E-state index contributed by atoms with van der Waals surface area (Å²) in [6.45, 7) is 3.76. The summed E-state index contributed by atoms with van der Waals surface area (Å²) >= 11 is 1.85. The first-order valence-corrected chi connectivity index (χ1v) is 9.19. The third kappa shape index (κ3) is 3.39. The number of aryl methyl sites for hydroxylation is 2. The van der Waals surface area contributed by atoms with E-state index in [-0.39, 0.29) is 0 Å². The van der Waals surface area contributed by atoms with E-state index in [1.54, 1.807) is 12.7 Å². The van der Waals surface area contributed by atoms with Crippen molar-refractivity contribution in [1.29, 1.82) is 0 Å². The van der Waals surface area contributed by atoms with Gasteiger partial charge in [0.25, 0.3) is 0 Å². The van der Waals surface area contributed by atoms with Gasteiger partial charge in [-0.2, -0.15) is 5.10 Å². The summed E-state index contributed by atoms with van der Waals surface area (Å²) in [6.07, 6.45) is 6.88. The maximum atomic E-state index is 4.67. The molecule has 124 valence electrons. The number of hydrogen-bond acceptors (Lipinski definition) is 5. The number of fused-ring (bicyclic) bond motifs is 1. The van der Waals surface area contributed by atoms with Gasteiger partial charge < -0.3 is 5.32 Å². The van der Waals surface area contributed by atoms with Gasteiger partial charge in [-0.05, 0) is 37.3 Å². The van der Waals surface area contributed by atoms with Crippen LogP contribution in [0.1, 0.15) is 45.6 Å². The van der Waals surface area contributed by atoms with E-state index in [1.165, 1.54) is 39.5 Å². The Labute approximate surface area is 145 Å². The van der Waals surface area contributed by atoms with Crippen LogP contribution in [0.4, 0.5) is 0 Å². The normalized spacial score (nSPS) is 17.0. The molecule has 0 fully saturated rings. The van der Waals surface area contributed by atoms with Crippen LogP contribution in [-0.2, 0) is 19.5 Å². The molecule has 4 rings (SSSR count). The lowest BCUT2D eigenvalue weighted by Crippen LogP contribution is -2.23. The predicted molar refractivity (Wildman–Crippen MR) is 94.9 cm³/mol. The van der Waals surface area contributed by atoms with Gasteiger partial charge in [0.15, 0.2) is 0 Å². The van der Waals surface area contributed by atoms with Crippen molar-refractivity contribution in [1.82, 2.24) is 25.1 Å². The molecule has 0 saturated heterocycles. The molecule has 0 saturated carbocycles. The number of nitrogens with one attached hydrogen (secondary N) is 1. The highest BCUT2D eigenvalue weighted by Crippen LogP contribution is 2.34. The van der Waals surface area contributed by atoms with Crippen molar-refractivity contribution in [2.75, 3.05) is 0 Å². The fourth-order valence-electron chi connectivity index (χ4n) is 3.24. The second kappa shape index (κ2) is 6.83. The van der Waals surface area contributed by atoms with Gasteiger partial charge in [0.05, 0.1) is 17.2 Å². The van der Waals surface area contributed by atoms with Crippen molar-refractivity contribution in [2.24, 2.45) is 0 Å². The molecule has 2 heterocycles. The van der Waals surface area contributed by atoms with Gasteiger partial charge in [-0.25, -0.2) is 14.6 Å². The molecular formula is C18H21N5S. The Balaban J connectivity index is 1.38. The third-order valence-electron chi connectivity index (χ3n) is 4.44. The second-order valence-electron chi connectivity index (χ2n) is 6.28. The van der Waals surface area contributed by atoms with Crippen LogP contribution >= 0.6 is 11.3 Å². The minimum absolute atomic E-state index is 0.453. The van der Waals surface area contributed by atoms with Crippen molar-refractivity contribution < 1.29 is 0 Å². The Kier molecular flexibility index (Phi) is 4.40. The van der Waals surface area contributed by atoms with Gasteiger partial charge in [0.1, 0.15) is 12.7 Å². The molecule has 0 radical (unpaired) electrons. The number of aromatic nitrogens is 4. The molecule has 0 bridgehead atoms. The summed E-state index contributed by atoms with van der Waals surface area (Å²) in [7, 11) is 0. The SMILES string of the molecule is Cc1nc2c(s1)[C@@H](NCc1ccc(Cn3cncn3)cc1)CCC2. The van der Waals surface area contributed by atoms with E-state index in [9.17, 15) is 0 Å². The first-order valence-electron chi connectivity index (χ1n) is 8.38. The van der Waals surface area contributed by atoms with E-state index in [1.807, 2.05) is 16.0 Å². The number of hydrogen-bond donors (Lipinski definition) is 1. The monoisotopic (exact) mass is 339 g/mol. The molecule has 1 aromatic carbocycles. The summed E-state index contributed by atoms with van der Waals surface area (Å²) in [4.78, 5) is 10.1.